The second-order valence-corrected chi connectivity index (χ2v) is 7.26. The highest BCUT2D eigenvalue weighted by Crippen LogP contribution is 2.23. The fraction of sp³-hybridized carbons (Fsp3) is 0.632. The molecule has 0 spiro atoms. The van der Waals surface area contributed by atoms with Crippen LogP contribution in [0.5, 0.6) is 5.75 Å². The Morgan fingerprint density at radius 3 is 2.77 bits per heavy atom. The maximum Gasteiger partial charge on any atom is 0.325 e. The third-order valence-corrected chi connectivity index (χ3v) is 4.28. The number of cyclic esters (lactones) is 1. The van der Waals surface area contributed by atoms with Gasteiger partial charge in [-0.3, -0.25) is 4.79 Å². The highest BCUT2D eigenvalue weighted by atomic mass is 35.5. The van der Waals surface area contributed by atoms with Crippen LogP contribution in [0.25, 0.3) is 0 Å². The molecule has 1 N–H and O–H groups in total. The standard InChI is InChI=1S/C19H28ClNO5/c1-12(2)9-24-17-11-23-10-16(21-4)19(22)25-13(3)18(17)26-15-7-5-6-14(20)8-15/h5-8,12-13,16-18,21H,9-11H2,1-4H3/t13?,16-,17?,18-/m0/s1. The van der Waals surface area contributed by atoms with Crippen LogP contribution in [0.1, 0.15) is 20.8 Å². The summed E-state index contributed by atoms with van der Waals surface area (Å²) >= 11 is 6.05. The van der Waals surface area contributed by atoms with Crippen molar-refractivity contribution in [3.63, 3.8) is 0 Å². The molecule has 146 valence electrons. The van der Waals surface area contributed by atoms with Crippen LogP contribution in [0.3, 0.4) is 0 Å². The third kappa shape index (κ3) is 6.13. The van der Waals surface area contributed by atoms with Gasteiger partial charge in [-0.15, -0.1) is 0 Å². The van der Waals surface area contributed by atoms with Gasteiger partial charge in [0.15, 0.2) is 6.10 Å². The van der Waals surface area contributed by atoms with Gasteiger partial charge in [0.25, 0.3) is 0 Å². The van der Waals surface area contributed by atoms with E-state index in [1.54, 1.807) is 32.2 Å². The number of esters is 1. The number of nitrogens with one attached hydrogen (secondary N) is 1. The van der Waals surface area contributed by atoms with Crippen molar-refractivity contribution in [1.82, 2.24) is 5.32 Å². The number of hydrogen-bond donors (Lipinski definition) is 1. The normalized spacial score (nSPS) is 27.4. The average molecular weight is 386 g/mol. The minimum absolute atomic E-state index is 0.216. The maximum absolute atomic E-state index is 12.3. The minimum Gasteiger partial charge on any atom is -0.484 e. The van der Waals surface area contributed by atoms with Gasteiger partial charge in [-0.1, -0.05) is 31.5 Å². The minimum atomic E-state index is -0.522. The molecule has 0 aromatic heterocycles. The van der Waals surface area contributed by atoms with E-state index in [2.05, 4.69) is 19.2 Å². The molecular formula is C19H28ClNO5. The summed E-state index contributed by atoms with van der Waals surface area (Å²) < 4.78 is 23.5. The van der Waals surface area contributed by atoms with Crippen LogP contribution < -0.4 is 10.1 Å². The van der Waals surface area contributed by atoms with E-state index in [0.29, 0.717) is 29.9 Å². The molecule has 1 aliphatic heterocycles. The summed E-state index contributed by atoms with van der Waals surface area (Å²) in [7, 11) is 1.70. The van der Waals surface area contributed by atoms with Crippen molar-refractivity contribution >= 4 is 17.6 Å². The van der Waals surface area contributed by atoms with Crippen molar-refractivity contribution < 1.29 is 23.7 Å². The fourth-order valence-electron chi connectivity index (χ4n) is 2.63. The van der Waals surface area contributed by atoms with Crippen molar-refractivity contribution in [2.45, 2.75) is 45.1 Å². The van der Waals surface area contributed by atoms with Crippen molar-refractivity contribution in [3.8, 4) is 5.75 Å². The lowest BCUT2D eigenvalue weighted by Crippen LogP contribution is -2.47. The highest BCUT2D eigenvalue weighted by molar-refractivity contribution is 6.30. The van der Waals surface area contributed by atoms with E-state index in [4.69, 9.17) is 30.5 Å². The molecule has 1 aliphatic rings. The lowest BCUT2D eigenvalue weighted by atomic mass is 10.1. The van der Waals surface area contributed by atoms with E-state index in [-0.39, 0.29) is 18.7 Å². The number of ether oxygens (including phenoxy) is 4. The van der Waals surface area contributed by atoms with Crippen LogP contribution in [0, 0.1) is 5.92 Å². The molecule has 2 rings (SSSR count). The monoisotopic (exact) mass is 385 g/mol. The fourth-order valence-corrected chi connectivity index (χ4v) is 2.81. The topological polar surface area (TPSA) is 66.0 Å². The quantitative estimate of drug-likeness (QED) is 0.759. The number of halogens is 1. The van der Waals surface area contributed by atoms with Gasteiger partial charge in [0.05, 0.1) is 13.2 Å². The Bertz CT molecular complexity index is 583. The average Bonchev–Trinajstić information content (AvgIpc) is 2.63. The van der Waals surface area contributed by atoms with Crippen LogP contribution in [-0.2, 0) is 19.0 Å². The molecule has 1 aromatic carbocycles. The summed E-state index contributed by atoms with van der Waals surface area (Å²) in [6.45, 7) is 7.02. The van der Waals surface area contributed by atoms with Crippen LogP contribution in [0.2, 0.25) is 5.02 Å². The van der Waals surface area contributed by atoms with E-state index in [9.17, 15) is 4.79 Å². The van der Waals surface area contributed by atoms with Gasteiger partial charge in [-0.05, 0) is 38.1 Å². The van der Waals surface area contributed by atoms with Crippen LogP contribution >= 0.6 is 11.6 Å². The van der Waals surface area contributed by atoms with Gasteiger partial charge >= 0.3 is 5.97 Å². The summed E-state index contributed by atoms with van der Waals surface area (Å²) in [6, 6.07) is 6.59. The van der Waals surface area contributed by atoms with Crippen molar-refractivity contribution in [1.29, 1.82) is 0 Å². The van der Waals surface area contributed by atoms with Crippen LogP contribution in [0.15, 0.2) is 24.3 Å². The molecule has 1 heterocycles. The first kappa shape index (κ1) is 21.0. The lowest BCUT2D eigenvalue weighted by Gasteiger charge is -2.31. The zero-order valence-electron chi connectivity index (χ0n) is 15.7. The molecule has 6 nitrogen and oxygen atoms in total. The Morgan fingerprint density at radius 2 is 2.12 bits per heavy atom. The van der Waals surface area contributed by atoms with Gasteiger partial charge in [0.1, 0.15) is 24.0 Å². The molecule has 0 bridgehead atoms. The Balaban J connectivity index is 2.22. The predicted molar refractivity (Wildman–Crippen MR) is 99.7 cm³/mol. The number of likely N-dealkylation sites (N-methyl/N-ethyl adjacent to an activating group) is 1. The molecular weight excluding hydrogens is 358 g/mol. The van der Waals surface area contributed by atoms with Crippen molar-refractivity contribution in [2.24, 2.45) is 5.92 Å². The SMILES string of the molecule is CN[C@H]1COCC(OCC(C)C)[C@@H](Oc2cccc(Cl)c2)C(C)OC1=O. The summed E-state index contributed by atoms with van der Waals surface area (Å²) in [5.41, 5.74) is 0. The van der Waals surface area contributed by atoms with E-state index < -0.39 is 18.2 Å². The summed E-state index contributed by atoms with van der Waals surface area (Å²) in [4.78, 5) is 12.3. The Morgan fingerprint density at radius 1 is 1.35 bits per heavy atom. The molecule has 7 heteroatoms. The van der Waals surface area contributed by atoms with Gasteiger partial charge in [-0.2, -0.15) is 0 Å². The number of benzene rings is 1. The third-order valence-electron chi connectivity index (χ3n) is 4.04. The zero-order chi connectivity index (χ0) is 19.1. The first-order valence-corrected chi connectivity index (χ1v) is 9.27. The molecule has 4 atom stereocenters. The van der Waals surface area contributed by atoms with Crippen LogP contribution in [-0.4, -0.2) is 57.2 Å². The van der Waals surface area contributed by atoms with Gasteiger partial charge < -0.3 is 24.3 Å². The Kier molecular flexibility index (Phi) is 8.15. The van der Waals surface area contributed by atoms with E-state index in [1.807, 2.05) is 6.07 Å². The molecule has 0 radical (unpaired) electrons. The van der Waals surface area contributed by atoms with E-state index in [1.165, 1.54) is 0 Å². The number of carbonyl (C=O) groups is 1. The number of carbonyl (C=O) groups excluding carboxylic acids is 1. The smallest absolute Gasteiger partial charge is 0.325 e. The van der Waals surface area contributed by atoms with Gasteiger partial charge in [0.2, 0.25) is 0 Å². The molecule has 0 aliphatic carbocycles. The summed E-state index contributed by atoms with van der Waals surface area (Å²) in [5, 5.41) is 3.48. The Hall–Kier alpha value is -1.34. The van der Waals surface area contributed by atoms with E-state index >= 15 is 0 Å². The largest absolute Gasteiger partial charge is 0.484 e. The first-order chi connectivity index (χ1) is 12.4. The second-order valence-electron chi connectivity index (χ2n) is 6.83. The van der Waals surface area contributed by atoms with Crippen LogP contribution in [0.4, 0.5) is 0 Å². The summed E-state index contributed by atoms with van der Waals surface area (Å²) in [6.07, 6.45) is -1.42. The molecule has 1 fully saturated rings. The van der Waals surface area contributed by atoms with Crippen molar-refractivity contribution in [3.05, 3.63) is 29.3 Å². The Labute approximate surface area is 160 Å². The first-order valence-electron chi connectivity index (χ1n) is 8.90. The van der Waals surface area contributed by atoms with E-state index in [0.717, 1.165) is 0 Å². The predicted octanol–water partition coefficient (Wildman–Crippen LogP) is 2.68. The maximum atomic E-state index is 12.3. The number of hydrogen-bond acceptors (Lipinski definition) is 6. The molecule has 26 heavy (non-hydrogen) atoms. The molecule has 1 saturated heterocycles. The van der Waals surface area contributed by atoms with Gasteiger partial charge in [0, 0.05) is 11.6 Å². The highest BCUT2D eigenvalue weighted by Gasteiger charge is 2.36. The summed E-state index contributed by atoms with van der Waals surface area (Å²) in [5.74, 6) is 0.578. The van der Waals surface area contributed by atoms with Gasteiger partial charge in [-0.25, -0.2) is 0 Å². The number of rotatable bonds is 6. The molecule has 0 amide bonds. The lowest BCUT2D eigenvalue weighted by molar-refractivity contribution is -0.159. The molecule has 0 saturated carbocycles. The zero-order valence-corrected chi connectivity index (χ0v) is 16.5. The molecule has 2 unspecified atom stereocenters. The second kappa shape index (κ2) is 10.1. The molecule has 1 aromatic rings. The van der Waals surface area contributed by atoms with Crippen molar-refractivity contribution in [2.75, 3.05) is 26.9 Å².